The number of carbonyl (C=O) groups is 2. The van der Waals surface area contributed by atoms with E-state index >= 15 is 0 Å². The third kappa shape index (κ3) is 3.48. The first kappa shape index (κ1) is 13.0. The lowest BCUT2D eigenvalue weighted by Gasteiger charge is -2.23. The van der Waals surface area contributed by atoms with Crippen LogP contribution in [0, 0.1) is 5.92 Å². The van der Waals surface area contributed by atoms with E-state index in [1.54, 1.807) is 11.9 Å². The Labute approximate surface area is 95.6 Å². The fraction of sp³-hybridized carbons (Fsp3) is 0.818. The monoisotopic (exact) mass is 228 g/mol. The molecule has 3 N–H and O–H groups in total. The normalized spacial score (nSPS) is 24.4. The molecule has 0 spiro atoms. The molecule has 0 aliphatic heterocycles. The van der Waals surface area contributed by atoms with E-state index in [1.807, 2.05) is 0 Å². The van der Waals surface area contributed by atoms with Gasteiger partial charge < -0.3 is 15.7 Å². The highest BCUT2D eigenvalue weighted by molar-refractivity contribution is 5.79. The van der Waals surface area contributed by atoms with Gasteiger partial charge in [-0.15, -0.1) is 0 Å². The van der Waals surface area contributed by atoms with Gasteiger partial charge in [-0.2, -0.15) is 0 Å². The van der Waals surface area contributed by atoms with Gasteiger partial charge in [0.2, 0.25) is 5.91 Å². The van der Waals surface area contributed by atoms with E-state index in [1.165, 1.54) is 0 Å². The van der Waals surface area contributed by atoms with E-state index in [9.17, 15) is 9.59 Å². The highest BCUT2D eigenvalue weighted by Gasteiger charge is 2.31. The van der Waals surface area contributed by atoms with Gasteiger partial charge in [-0.3, -0.25) is 9.59 Å². The second kappa shape index (κ2) is 5.84. The first-order valence-corrected chi connectivity index (χ1v) is 5.74. The fourth-order valence-corrected chi connectivity index (χ4v) is 2.16. The Morgan fingerprint density at radius 2 is 2.12 bits per heavy atom. The molecule has 0 radical (unpaired) electrons. The summed E-state index contributed by atoms with van der Waals surface area (Å²) in [5.41, 5.74) is 5.85. The largest absolute Gasteiger partial charge is 0.481 e. The molecule has 1 aliphatic rings. The summed E-state index contributed by atoms with van der Waals surface area (Å²) < 4.78 is 0. The summed E-state index contributed by atoms with van der Waals surface area (Å²) in [5, 5.41) is 8.50. The summed E-state index contributed by atoms with van der Waals surface area (Å²) in [6, 6.07) is -0.0191. The molecule has 0 aromatic carbocycles. The zero-order valence-electron chi connectivity index (χ0n) is 9.69. The molecule has 1 aliphatic carbocycles. The van der Waals surface area contributed by atoms with Gasteiger partial charge in [0.15, 0.2) is 0 Å². The first-order valence-electron chi connectivity index (χ1n) is 5.74. The van der Waals surface area contributed by atoms with Crippen molar-refractivity contribution in [1.82, 2.24) is 4.90 Å². The Balaban J connectivity index is 2.32. The molecule has 16 heavy (non-hydrogen) atoms. The number of amides is 1. The zero-order chi connectivity index (χ0) is 12.1. The minimum absolute atomic E-state index is 0.0191. The molecular weight excluding hydrogens is 208 g/mol. The number of nitrogens with zero attached hydrogens (tertiary/aromatic N) is 1. The van der Waals surface area contributed by atoms with E-state index in [2.05, 4.69) is 0 Å². The molecule has 1 fully saturated rings. The zero-order valence-corrected chi connectivity index (χ0v) is 9.69. The predicted molar refractivity (Wildman–Crippen MR) is 59.8 cm³/mol. The smallest absolute Gasteiger partial charge is 0.303 e. The van der Waals surface area contributed by atoms with Gasteiger partial charge in [0.05, 0.1) is 5.92 Å². The molecule has 2 unspecified atom stereocenters. The first-order chi connectivity index (χ1) is 7.52. The number of carboxylic acid groups (broad SMARTS) is 1. The van der Waals surface area contributed by atoms with Crippen LogP contribution in [0.2, 0.25) is 0 Å². The average molecular weight is 228 g/mol. The average Bonchev–Trinajstić information content (AvgIpc) is 2.62. The Kier molecular flexibility index (Phi) is 4.73. The topological polar surface area (TPSA) is 83.6 Å². The summed E-state index contributed by atoms with van der Waals surface area (Å²) in [6.45, 7) is 0.494. The van der Waals surface area contributed by atoms with E-state index in [0.717, 1.165) is 19.3 Å². The highest BCUT2D eigenvalue weighted by Crippen LogP contribution is 2.25. The van der Waals surface area contributed by atoms with Crippen LogP contribution in [0.4, 0.5) is 0 Å². The van der Waals surface area contributed by atoms with Crippen LogP contribution in [0.15, 0.2) is 0 Å². The van der Waals surface area contributed by atoms with Gasteiger partial charge in [0.25, 0.3) is 0 Å². The van der Waals surface area contributed by atoms with Crippen LogP contribution in [-0.2, 0) is 9.59 Å². The second-order valence-electron chi connectivity index (χ2n) is 4.46. The quantitative estimate of drug-likeness (QED) is 0.715. The van der Waals surface area contributed by atoms with Crippen LogP contribution in [0.1, 0.15) is 32.1 Å². The van der Waals surface area contributed by atoms with Crippen molar-refractivity contribution in [3.63, 3.8) is 0 Å². The van der Waals surface area contributed by atoms with Gasteiger partial charge in [-0.1, -0.05) is 6.42 Å². The Hall–Kier alpha value is -1.10. The molecule has 1 rings (SSSR count). The number of hydrogen-bond donors (Lipinski definition) is 2. The van der Waals surface area contributed by atoms with Crippen molar-refractivity contribution in [3.05, 3.63) is 0 Å². The SMILES string of the molecule is CN(CCCC(=O)O)C(=O)C1CCCC1N. The molecule has 1 amide bonds. The maximum absolute atomic E-state index is 11.9. The summed E-state index contributed by atoms with van der Waals surface area (Å²) >= 11 is 0. The minimum Gasteiger partial charge on any atom is -0.481 e. The predicted octanol–water partition coefficient (Wildman–Crippen LogP) is 0.437. The van der Waals surface area contributed by atoms with Crippen molar-refractivity contribution in [1.29, 1.82) is 0 Å². The third-order valence-electron chi connectivity index (χ3n) is 3.15. The molecular formula is C11H20N2O3. The van der Waals surface area contributed by atoms with Crippen molar-refractivity contribution < 1.29 is 14.7 Å². The van der Waals surface area contributed by atoms with E-state index in [-0.39, 0.29) is 24.3 Å². The number of aliphatic carboxylic acids is 1. The Morgan fingerprint density at radius 3 is 2.62 bits per heavy atom. The van der Waals surface area contributed by atoms with Crippen LogP contribution < -0.4 is 5.73 Å². The number of rotatable bonds is 5. The highest BCUT2D eigenvalue weighted by atomic mass is 16.4. The summed E-state index contributed by atoms with van der Waals surface area (Å²) in [6.07, 6.45) is 3.40. The van der Waals surface area contributed by atoms with Gasteiger partial charge in [0.1, 0.15) is 0 Å². The van der Waals surface area contributed by atoms with Gasteiger partial charge in [-0.05, 0) is 19.3 Å². The molecule has 5 heteroatoms. The summed E-state index contributed by atoms with van der Waals surface area (Å²) in [7, 11) is 1.72. The molecule has 0 aromatic heterocycles. The third-order valence-corrected chi connectivity index (χ3v) is 3.15. The van der Waals surface area contributed by atoms with E-state index in [0.29, 0.717) is 13.0 Å². The lowest BCUT2D eigenvalue weighted by atomic mass is 10.0. The maximum atomic E-state index is 11.9. The van der Waals surface area contributed by atoms with Gasteiger partial charge in [-0.25, -0.2) is 0 Å². The van der Waals surface area contributed by atoms with Crippen LogP contribution in [0.3, 0.4) is 0 Å². The summed E-state index contributed by atoms with van der Waals surface area (Å²) in [5.74, 6) is -0.816. The van der Waals surface area contributed by atoms with Crippen molar-refractivity contribution >= 4 is 11.9 Å². The van der Waals surface area contributed by atoms with E-state index < -0.39 is 5.97 Å². The van der Waals surface area contributed by atoms with Crippen LogP contribution in [-0.4, -0.2) is 41.5 Å². The molecule has 92 valence electrons. The standard InChI is InChI=1S/C11H20N2O3/c1-13(7-3-6-10(14)15)11(16)8-4-2-5-9(8)12/h8-9H,2-7,12H2,1H3,(H,14,15). The van der Waals surface area contributed by atoms with Crippen LogP contribution >= 0.6 is 0 Å². The Morgan fingerprint density at radius 1 is 1.44 bits per heavy atom. The van der Waals surface area contributed by atoms with Crippen molar-refractivity contribution in [2.75, 3.05) is 13.6 Å². The number of carboxylic acids is 1. The molecule has 2 atom stereocenters. The Bertz CT molecular complexity index is 268. The lowest BCUT2D eigenvalue weighted by molar-refractivity contribution is -0.138. The van der Waals surface area contributed by atoms with Gasteiger partial charge in [0, 0.05) is 26.1 Å². The second-order valence-corrected chi connectivity index (χ2v) is 4.46. The summed E-state index contributed by atoms with van der Waals surface area (Å²) in [4.78, 5) is 23.9. The van der Waals surface area contributed by atoms with Crippen molar-refractivity contribution in [3.8, 4) is 0 Å². The van der Waals surface area contributed by atoms with Gasteiger partial charge >= 0.3 is 5.97 Å². The molecule has 1 saturated carbocycles. The van der Waals surface area contributed by atoms with Crippen LogP contribution in [0.5, 0.6) is 0 Å². The molecule has 0 aromatic rings. The number of nitrogens with two attached hydrogens (primary N) is 1. The molecule has 5 nitrogen and oxygen atoms in total. The number of hydrogen-bond acceptors (Lipinski definition) is 3. The van der Waals surface area contributed by atoms with Crippen LogP contribution in [0.25, 0.3) is 0 Å². The maximum Gasteiger partial charge on any atom is 0.303 e. The number of carbonyl (C=O) groups excluding carboxylic acids is 1. The molecule has 0 saturated heterocycles. The minimum atomic E-state index is -0.821. The molecule has 0 bridgehead atoms. The van der Waals surface area contributed by atoms with Crippen molar-refractivity contribution in [2.24, 2.45) is 11.7 Å². The van der Waals surface area contributed by atoms with E-state index in [4.69, 9.17) is 10.8 Å². The lowest BCUT2D eigenvalue weighted by Crippen LogP contribution is -2.40. The fourth-order valence-electron chi connectivity index (χ4n) is 2.16. The molecule has 0 heterocycles. The van der Waals surface area contributed by atoms with Crippen molar-refractivity contribution in [2.45, 2.75) is 38.1 Å².